The van der Waals surface area contributed by atoms with Gasteiger partial charge in [0.1, 0.15) is 12.7 Å². The van der Waals surface area contributed by atoms with Crippen LogP contribution in [-0.2, 0) is 10.8 Å². The van der Waals surface area contributed by atoms with Crippen molar-refractivity contribution >= 4 is 78.8 Å². The van der Waals surface area contributed by atoms with Crippen LogP contribution < -0.4 is 26.2 Å². The normalized spacial score (nSPS) is 13.5. The maximum Gasteiger partial charge on any atom is 0.252 e. The van der Waals surface area contributed by atoms with Crippen LogP contribution in [0.15, 0.2) is 146 Å². The first-order valence-electron chi connectivity index (χ1n) is 19.2. The van der Waals surface area contributed by atoms with Crippen molar-refractivity contribution in [2.24, 2.45) is 0 Å². The van der Waals surface area contributed by atoms with E-state index in [1.54, 1.807) is 12.7 Å². The summed E-state index contributed by atoms with van der Waals surface area (Å²) in [5.74, 6) is 0.644. The molecule has 1 aromatic heterocycles. The molecule has 0 aliphatic carbocycles. The van der Waals surface area contributed by atoms with Crippen LogP contribution in [-0.4, -0.2) is 21.7 Å². The summed E-state index contributed by atoms with van der Waals surface area (Å²) in [7, 11) is 0. The smallest absolute Gasteiger partial charge is 0.252 e. The Morgan fingerprint density at radius 1 is 0.455 bits per heavy atom. The lowest BCUT2D eigenvalue weighted by molar-refractivity contribution is 0.590. The highest BCUT2D eigenvalue weighted by molar-refractivity contribution is 7.00. The van der Waals surface area contributed by atoms with Crippen molar-refractivity contribution in [3.05, 3.63) is 157 Å². The minimum absolute atomic E-state index is 0.0215. The lowest BCUT2D eigenvalue weighted by Gasteiger charge is -2.44. The van der Waals surface area contributed by atoms with Crippen molar-refractivity contribution in [2.45, 2.75) is 52.4 Å². The zero-order valence-corrected chi connectivity index (χ0v) is 32.2. The molecule has 6 heteroatoms. The van der Waals surface area contributed by atoms with Gasteiger partial charge in [0.25, 0.3) is 6.71 Å². The maximum atomic E-state index is 4.69. The van der Waals surface area contributed by atoms with E-state index in [0.29, 0.717) is 5.82 Å². The molecular weight excluding hydrogens is 669 g/mol. The van der Waals surface area contributed by atoms with Crippen LogP contribution in [0.1, 0.15) is 52.7 Å². The third-order valence-electron chi connectivity index (χ3n) is 11.5. The zero-order chi connectivity index (χ0) is 37.6. The van der Waals surface area contributed by atoms with Crippen LogP contribution in [0.4, 0.5) is 34.1 Å². The second-order valence-electron chi connectivity index (χ2n) is 17.1. The third-order valence-corrected chi connectivity index (χ3v) is 11.5. The summed E-state index contributed by atoms with van der Waals surface area (Å²) >= 11 is 0. The largest absolute Gasteiger partial charge is 0.311 e. The Morgan fingerprint density at radius 3 is 1.25 bits per heavy atom. The highest BCUT2D eigenvalue weighted by Gasteiger charge is 2.44. The van der Waals surface area contributed by atoms with Crippen LogP contribution in [0.2, 0.25) is 0 Å². The average molecular weight is 712 g/mol. The van der Waals surface area contributed by atoms with Gasteiger partial charge in [0, 0.05) is 39.7 Å². The first-order chi connectivity index (χ1) is 26.5. The Kier molecular flexibility index (Phi) is 7.34. The molecule has 0 saturated carbocycles. The molecule has 0 radical (unpaired) electrons. The fourth-order valence-corrected chi connectivity index (χ4v) is 8.66. The van der Waals surface area contributed by atoms with Gasteiger partial charge in [-0.15, -0.1) is 0 Å². The van der Waals surface area contributed by atoms with Gasteiger partial charge in [-0.05, 0) is 108 Å². The molecule has 0 fully saturated rings. The van der Waals surface area contributed by atoms with E-state index in [1.165, 1.54) is 60.4 Å². The van der Waals surface area contributed by atoms with E-state index in [2.05, 4.69) is 190 Å². The quantitative estimate of drug-likeness (QED) is 0.171. The summed E-state index contributed by atoms with van der Waals surface area (Å²) in [5, 5.41) is 4.90. The molecular formula is C49H42BN5. The molecule has 55 heavy (non-hydrogen) atoms. The molecule has 2 aliphatic heterocycles. The highest BCUT2D eigenvalue weighted by atomic mass is 15.2. The Morgan fingerprint density at radius 2 is 0.855 bits per heavy atom. The summed E-state index contributed by atoms with van der Waals surface area (Å²) in [4.78, 5) is 18.5. The monoisotopic (exact) mass is 711 g/mol. The van der Waals surface area contributed by atoms with Gasteiger partial charge in [0.15, 0.2) is 5.82 Å². The molecule has 0 spiro atoms. The number of benzene rings is 7. The summed E-state index contributed by atoms with van der Waals surface area (Å²) in [6, 6.07) is 50.0. The fraction of sp³-hybridized carbons (Fsp3) is 0.163. The average Bonchev–Trinajstić information content (AvgIpc) is 3.19. The topological polar surface area (TPSA) is 45.2 Å². The van der Waals surface area contributed by atoms with E-state index in [-0.39, 0.29) is 17.5 Å². The molecule has 10 rings (SSSR count). The summed E-state index contributed by atoms with van der Waals surface area (Å²) in [6.45, 7) is 13.6. The lowest BCUT2D eigenvalue weighted by Crippen LogP contribution is -2.61. The third kappa shape index (κ3) is 5.42. The van der Waals surface area contributed by atoms with E-state index in [1.807, 2.05) is 0 Å². The van der Waals surface area contributed by atoms with Gasteiger partial charge in [-0.2, -0.15) is 0 Å². The van der Waals surface area contributed by atoms with Gasteiger partial charge in [-0.3, -0.25) is 0 Å². The van der Waals surface area contributed by atoms with E-state index in [9.17, 15) is 0 Å². The molecule has 266 valence electrons. The Bertz CT molecular complexity index is 2610. The zero-order valence-electron chi connectivity index (χ0n) is 32.2. The van der Waals surface area contributed by atoms with Crippen molar-refractivity contribution < 1.29 is 0 Å². The van der Waals surface area contributed by atoms with Crippen molar-refractivity contribution in [3.8, 4) is 11.4 Å². The second-order valence-corrected chi connectivity index (χ2v) is 17.1. The van der Waals surface area contributed by atoms with Gasteiger partial charge >= 0.3 is 0 Å². The molecule has 0 atom stereocenters. The van der Waals surface area contributed by atoms with Crippen LogP contribution in [0, 0.1) is 0 Å². The Balaban J connectivity index is 1.33. The van der Waals surface area contributed by atoms with Crippen LogP contribution in [0.3, 0.4) is 0 Å². The van der Waals surface area contributed by atoms with E-state index in [4.69, 9.17) is 9.97 Å². The van der Waals surface area contributed by atoms with Gasteiger partial charge < -0.3 is 9.80 Å². The molecule has 8 aromatic rings. The van der Waals surface area contributed by atoms with Gasteiger partial charge in [0.05, 0.1) is 0 Å². The Labute approximate surface area is 323 Å². The summed E-state index contributed by atoms with van der Waals surface area (Å²) in [5.41, 5.74) is 14.3. The molecule has 0 unspecified atom stereocenters. The standard InChI is InChI=1S/C49H42BN5/c1-48(2,3)36-15-19-38(20-16-36)54-42-25-33-13-9-7-11-31(33)23-40(42)50-41-24-32-12-8-10-14-34(32)26-43(41)55(39-21-17-37(18-22-39)49(4,5)6)45-28-35(27-44(54)46(45)50)47-52-29-51-30-53-47/h7-30H,1-6H3. The first-order valence-corrected chi connectivity index (χ1v) is 19.2. The molecule has 0 amide bonds. The Hall–Kier alpha value is -6.27. The number of anilines is 6. The van der Waals surface area contributed by atoms with Crippen molar-refractivity contribution in [1.82, 2.24) is 15.0 Å². The van der Waals surface area contributed by atoms with Gasteiger partial charge in [-0.1, -0.05) is 126 Å². The van der Waals surface area contributed by atoms with Gasteiger partial charge in [0.2, 0.25) is 0 Å². The number of rotatable bonds is 3. The first kappa shape index (κ1) is 33.3. The number of hydrogen-bond donors (Lipinski definition) is 0. The van der Waals surface area contributed by atoms with Crippen LogP contribution >= 0.6 is 0 Å². The molecule has 3 heterocycles. The summed E-state index contributed by atoms with van der Waals surface area (Å²) < 4.78 is 0. The number of fused-ring (bicyclic) bond motifs is 6. The van der Waals surface area contributed by atoms with E-state index < -0.39 is 0 Å². The molecule has 0 saturated heterocycles. The lowest BCUT2D eigenvalue weighted by atomic mass is 9.33. The van der Waals surface area contributed by atoms with Crippen molar-refractivity contribution in [3.63, 3.8) is 0 Å². The van der Waals surface area contributed by atoms with Crippen molar-refractivity contribution in [1.29, 1.82) is 0 Å². The number of aromatic nitrogens is 3. The molecule has 2 aliphatic rings. The highest BCUT2D eigenvalue weighted by Crippen LogP contribution is 2.47. The molecule has 0 N–H and O–H groups in total. The number of hydrogen-bond acceptors (Lipinski definition) is 5. The predicted molar refractivity (Wildman–Crippen MR) is 232 cm³/mol. The number of nitrogens with zero attached hydrogens (tertiary/aromatic N) is 5. The second kappa shape index (κ2) is 12.1. The van der Waals surface area contributed by atoms with Crippen LogP contribution in [0.25, 0.3) is 32.9 Å². The summed E-state index contributed by atoms with van der Waals surface area (Å²) in [6.07, 6.45) is 3.18. The van der Waals surface area contributed by atoms with E-state index in [0.717, 1.165) is 28.3 Å². The molecule has 5 nitrogen and oxygen atoms in total. The minimum atomic E-state index is -0.0215. The fourth-order valence-electron chi connectivity index (χ4n) is 8.66. The minimum Gasteiger partial charge on any atom is -0.311 e. The van der Waals surface area contributed by atoms with Crippen molar-refractivity contribution in [2.75, 3.05) is 9.80 Å². The van der Waals surface area contributed by atoms with Gasteiger partial charge in [-0.25, -0.2) is 15.0 Å². The molecule has 7 aromatic carbocycles. The molecule has 0 bridgehead atoms. The maximum absolute atomic E-state index is 4.69. The van der Waals surface area contributed by atoms with Crippen LogP contribution in [0.5, 0.6) is 0 Å². The SMILES string of the molecule is CC(C)(C)c1ccc(N2c3cc4ccccc4cc3B3c4cc5ccccc5cc4N(c4ccc(C(C)(C)C)cc4)c4cc(-c5ncncn5)cc2c43)cc1. The predicted octanol–water partition coefficient (Wildman–Crippen LogP) is 10.5. The van der Waals surface area contributed by atoms with E-state index >= 15 is 0 Å².